The molecule has 0 unspecified atom stereocenters. The van der Waals surface area contributed by atoms with Crippen LogP contribution in [0.25, 0.3) is 22.8 Å². The molecule has 4 nitrogen and oxygen atoms in total. The summed E-state index contributed by atoms with van der Waals surface area (Å²) in [5.41, 5.74) is 5.49. The van der Waals surface area contributed by atoms with Gasteiger partial charge in [0.2, 0.25) is 0 Å². The van der Waals surface area contributed by atoms with E-state index in [-0.39, 0.29) is 0 Å². The van der Waals surface area contributed by atoms with Crippen molar-refractivity contribution in [2.24, 2.45) is 7.05 Å². The maximum absolute atomic E-state index is 9.54. The molecular formula is C18H16N4. The van der Waals surface area contributed by atoms with Crippen LogP contribution in [0.2, 0.25) is 0 Å². The SMILES string of the molecule is Cc1ccc(/C=C(/C#N)c2nc3cccnc3n2C)c(C)c1. The third kappa shape index (κ3) is 2.38. The van der Waals surface area contributed by atoms with Crippen LogP contribution in [0, 0.1) is 25.2 Å². The molecule has 0 bridgehead atoms. The Morgan fingerprint density at radius 2 is 2.09 bits per heavy atom. The Morgan fingerprint density at radius 1 is 1.27 bits per heavy atom. The quantitative estimate of drug-likeness (QED) is 0.676. The van der Waals surface area contributed by atoms with E-state index in [9.17, 15) is 5.26 Å². The van der Waals surface area contributed by atoms with Gasteiger partial charge in [-0.1, -0.05) is 23.8 Å². The van der Waals surface area contributed by atoms with Gasteiger partial charge in [0.1, 0.15) is 11.6 Å². The first-order valence-corrected chi connectivity index (χ1v) is 7.07. The second kappa shape index (κ2) is 5.45. The molecule has 0 aliphatic heterocycles. The lowest BCUT2D eigenvalue weighted by atomic mass is 10.0. The molecule has 3 rings (SSSR count). The first-order valence-electron chi connectivity index (χ1n) is 7.07. The van der Waals surface area contributed by atoms with Crippen LogP contribution in [0.3, 0.4) is 0 Å². The number of aryl methyl sites for hydroxylation is 3. The lowest BCUT2D eigenvalue weighted by Crippen LogP contribution is -1.97. The van der Waals surface area contributed by atoms with Crippen LogP contribution >= 0.6 is 0 Å². The van der Waals surface area contributed by atoms with Crippen LogP contribution in [-0.4, -0.2) is 14.5 Å². The molecule has 0 amide bonds. The highest BCUT2D eigenvalue weighted by molar-refractivity contribution is 5.90. The Hall–Kier alpha value is -2.93. The van der Waals surface area contributed by atoms with E-state index in [4.69, 9.17) is 0 Å². The average Bonchev–Trinajstić information content (AvgIpc) is 2.84. The molecular weight excluding hydrogens is 272 g/mol. The van der Waals surface area contributed by atoms with Gasteiger partial charge in [-0.05, 0) is 43.2 Å². The van der Waals surface area contributed by atoms with Gasteiger partial charge in [0.15, 0.2) is 11.5 Å². The first kappa shape index (κ1) is 14.0. The number of aromatic nitrogens is 3. The van der Waals surface area contributed by atoms with Crippen molar-refractivity contribution in [3.63, 3.8) is 0 Å². The molecule has 0 N–H and O–H groups in total. The number of allylic oxidation sites excluding steroid dienone is 1. The largest absolute Gasteiger partial charge is 0.311 e. The molecule has 0 atom stereocenters. The third-order valence-electron chi connectivity index (χ3n) is 3.71. The van der Waals surface area contributed by atoms with Crippen LogP contribution in [0.4, 0.5) is 0 Å². The molecule has 0 aliphatic carbocycles. The summed E-state index contributed by atoms with van der Waals surface area (Å²) in [4.78, 5) is 8.85. The minimum absolute atomic E-state index is 0.535. The van der Waals surface area contributed by atoms with Gasteiger partial charge in [-0.3, -0.25) is 0 Å². The van der Waals surface area contributed by atoms with Crippen LogP contribution in [0.5, 0.6) is 0 Å². The fraction of sp³-hybridized carbons (Fsp3) is 0.167. The molecule has 3 aromatic rings. The number of nitriles is 1. The summed E-state index contributed by atoms with van der Waals surface area (Å²) >= 11 is 0. The van der Waals surface area contributed by atoms with E-state index in [0.29, 0.717) is 11.4 Å². The van der Waals surface area contributed by atoms with E-state index in [1.54, 1.807) is 6.20 Å². The van der Waals surface area contributed by atoms with Gasteiger partial charge < -0.3 is 4.57 Å². The van der Waals surface area contributed by atoms with E-state index in [1.165, 1.54) is 5.56 Å². The first-order chi connectivity index (χ1) is 10.6. The van der Waals surface area contributed by atoms with Crippen molar-refractivity contribution in [1.82, 2.24) is 14.5 Å². The highest BCUT2D eigenvalue weighted by Gasteiger charge is 2.13. The monoisotopic (exact) mass is 288 g/mol. The topological polar surface area (TPSA) is 54.5 Å². The Labute approximate surface area is 129 Å². The number of pyridine rings is 1. The highest BCUT2D eigenvalue weighted by Crippen LogP contribution is 2.22. The normalized spacial score (nSPS) is 11.6. The molecule has 0 fully saturated rings. The summed E-state index contributed by atoms with van der Waals surface area (Å²) < 4.78 is 1.86. The Morgan fingerprint density at radius 3 is 2.77 bits per heavy atom. The zero-order chi connectivity index (χ0) is 15.7. The van der Waals surface area contributed by atoms with E-state index in [2.05, 4.69) is 29.0 Å². The van der Waals surface area contributed by atoms with Gasteiger partial charge in [-0.2, -0.15) is 5.26 Å². The van der Waals surface area contributed by atoms with Gasteiger partial charge in [-0.25, -0.2) is 9.97 Å². The number of fused-ring (bicyclic) bond motifs is 1. The minimum atomic E-state index is 0.535. The van der Waals surface area contributed by atoms with E-state index < -0.39 is 0 Å². The predicted molar refractivity (Wildman–Crippen MR) is 87.9 cm³/mol. The zero-order valence-corrected chi connectivity index (χ0v) is 12.8. The number of imidazole rings is 1. The number of hydrogen-bond acceptors (Lipinski definition) is 3. The summed E-state index contributed by atoms with van der Waals surface area (Å²) in [6.07, 6.45) is 3.61. The summed E-state index contributed by atoms with van der Waals surface area (Å²) in [6, 6.07) is 12.2. The maximum Gasteiger partial charge on any atom is 0.160 e. The predicted octanol–water partition coefficient (Wildman–Crippen LogP) is 3.65. The minimum Gasteiger partial charge on any atom is -0.311 e. The molecule has 2 heterocycles. The summed E-state index contributed by atoms with van der Waals surface area (Å²) in [6.45, 7) is 4.10. The maximum atomic E-state index is 9.54. The standard InChI is InChI=1S/C18H16N4/c1-12-6-7-14(13(2)9-12)10-15(11-19)17-21-16-5-4-8-20-18(16)22(17)3/h4-10H,1-3H3/b15-10-. The number of benzene rings is 1. The fourth-order valence-electron chi connectivity index (χ4n) is 2.55. The van der Waals surface area contributed by atoms with Crippen LogP contribution in [0.15, 0.2) is 36.5 Å². The van der Waals surface area contributed by atoms with Gasteiger partial charge in [0.25, 0.3) is 0 Å². The number of rotatable bonds is 2. The van der Waals surface area contributed by atoms with Crippen molar-refractivity contribution < 1.29 is 0 Å². The molecule has 0 saturated heterocycles. The molecule has 108 valence electrons. The number of nitrogens with zero attached hydrogens (tertiary/aromatic N) is 4. The van der Waals surface area contributed by atoms with Gasteiger partial charge in [0, 0.05) is 13.2 Å². The van der Waals surface area contributed by atoms with E-state index >= 15 is 0 Å². The fourth-order valence-corrected chi connectivity index (χ4v) is 2.55. The zero-order valence-electron chi connectivity index (χ0n) is 12.8. The van der Waals surface area contributed by atoms with Crippen LogP contribution < -0.4 is 0 Å². The van der Waals surface area contributed by atoms with Crippen molar-refractivity contribution in [2.45, 2.75) is 13.8 Å². The van der Waals surface area contributed by atoms with Crippen LogP contribution in [0.1, 0.15) is 22.5 Å². The summed E-state index contributed by atoms with van der Waals surface area (Å²) in [5.74, 6) is 0.635. The van der Waals surface area contributed by atoms with E-state index in [1.807, 2.05) is 48.9 Å². The molecule has 0 aliphatic rings. The molecule has 0 spiro atoms. The van der Waals surface area contributed by atoms with Crippen molar-refractivity contribution >= 4 is 22.8 Å². The Kier molecular flexibility index (Phi) is 3.48. The van der Waals surface area contributed by atoms with Gasteiger partial charge >= 0.3 is 0 Å². The molecule has 4 heteroatoms. The summed E-state index contributed by atoms with van der Waals surface area (Å²) in [7, 11) is 1.88. The Balaban J connectivity index is 2.16. The van der Waals surface area contributed by atoms with Crippen molar-refractivity contribution in [3.8, 4) is 6.07 Å². The van der Waals surface area contributed by atoms with Gasteiger partial charge in [0.05, 0.1) is 5.57 Å². The lowest BCUT2D eigenvalue weighted by Gasteiger charge is -2.04. The molecule has 1 aromatic carbocycles. The second-order valence-electron chi connectivity index (χ2n) is 5.37. The van der Waals surface area contributed by atoms with Crippen molar-refractivity contribution in [3.05, 3.63) is 59.0 Å². The molecule has 0 radical (unpaired) electrons. The lowest BCUT2D eigenvalue weighted by molar-refractivity contribution is 0.910. The number of hydrogen-bond donors (Lipinski definition) is 0. The smallest absolute Gasteiger partial charge is 0.160 e. The van der Waals surface area contributed by atoms with Crippen molar-refractivity contribution in [2.75, 3.05) is 0 Å². The highest BCUT2D eigenvalue weighted by atomic mass is 15.1. The van der Waals surface area contributed by atoms with E-state index in [0.717, 1.165) is 22.3 Å². The second-order valence-corrected chi connectivity index (χ2v) is 5.37. The third-order valence-corrected chi connectivity index (χ3v) is 3.71. The molecule has 0 saturated carbocycles. The van der Waals surface area contributed by atoms with Gasteiger partial charge in [-0.15, -0.1) is 0 Å². The van der Waals surface area contributed by atoms with Crippen molar-refractivity contribution in [1.29, 1.82) is 5.26 Å². The van der Waals surface area contributed by atoms with Crippen LogP contribution in [-0.2, 0) is 7.05 Å². The molecule has 2 aromatic heterocycles. The molecule has 22 heavy (non-hydrogen) atoms. The summed E-state index contributed by atoms with van der Waals surface area (Å²) in [5, 5.41) is 9.54. The Bertz CT molecular complexity index is 926. The average molecular weight is 288 g/mol.